The molecule has 0 bridgehead atoms. The minimum Gasteiger partial charge on any atom is -0.295 e. The highest BCUT2D eigenvalue weighted by atomic mass is 32.2. The molecule has 24 heavy (non-hydrogen) atoms. The van der Waals surface area contributed by atoms with Gasteiger partial charge in [0, 0.05) is 0 Å². The van der Waals surface area contributed by atoms with Crippen LogP contribution in [0.15, 0.2) is 59.8 Å². The number of Topliss-reactive ketones (excluding diaryl/α,β-unsaturated/α-hetero) is 1. The molecule has 0 unspecified atom stereocenters. The Labute approximate surface area is 141 Å². The second-order valence-corrected chi connectivity index (χ2v) is 5.97. The number of thioether (sulfide) groups is 1. The van der Waals surface area contributed by atoms with E-state index in [2.05, 4.69) is 15.5 Å². The number of nitrogens with zero attached hydrogens (tertiary/aromatic N) is 5. The lowest BCUT2D eigenvalue weighted by atomic mass is 10.1. The van der Waals surface area contributed by atoms with Gasteiger partial charge in [-0.3, -0.25) is 14.5 Å². The molecule has 0 saturated carbocycles. The van der Waals surface area contributed by atoms with Crippen LogP contribution in [0.4, 0.5) is 5.69 Å². The SMILES string of the molecule is O=C1C(=O)N(CSc2nnnn2-c2ccccc2)c2ccccc21. The fourth-order valence-electron chi connectivity index (χ4n) is 2.50. The maximum Gasteiger partial charge on any atom is 0.300 e. The molecule has 0 fully saturated rings. The molecule has 1 aromatic heterocycles. The highest BCUT2D eigenvalue weighted by molar-refractivity contribution is 7.99. The molecular formula is C16H11N5O2S. The summed E-state index contributed by atoms with van der Waals surface area (Å²) in [6, 6.07) is 16.4. The number of carbonyl (C=O) groups is 2. The van der Waals surface area contributed by atoms with Gasteiger partial charge in [-0.05, 0) is 34.7 Å². The minimum absolute atomic E-state index is 0.259. The average molecular weight is 337 g/mol. The zero-order chi connectivity index (χ0) is 16.5. The number of anilines is 1. The molecule has 4 rings (SSSR count). The van der Waals surface area contributed by atoms with E-state index >= 15 is 0 Å². The maximum atomic E-state index is 12.2. The maximum absolute atomic E-state index is 12.2. The monoisotopic (exact) mass is 337 g/mol. The van der Waals surface area contributed by atoms with Crippen molar-refractivity contribution in [2.24, 2.45) is 0 Å². The number of benzene rings is 2. The fraction of sp³-hybridized carbons (Fsp3) is 0.0625. The quantitative estimate of drug-likeness (QED) is 0.535. The molecule has 0 spiro atoms. The van der Waals surface area contributed by atoms with Crippen LogP contribution < -0.4 is 4.90 Å². The molecule has 1 aliphatic rings. The number of carbonyl (C=O) groups excluding carboxylic acids is 2. The van der Waals surface area contributed by atoms with E-state index in [1.165, 1.54) is 16.7 Å². The number of para-hydroxylation sites is 2. The second-order valence-electron chi connectivity index (χ2n) is 5.06. The third-order valence-electron chi connectivity index (χ3n) is 3.64. The molecule has 3 aromatic rings. The Hall–Kier alpha value is -3.00. The molecule has 118 valence electrons. The van der Waals surface area contributed by atoms with E-state index in [1.54, 1.807) is 28.9 Å². The third-order valence-corrected chi connectivity index (χ3v) is 4.54. The van der Waals surface area contributed by atoms with Gasteiger partial charge in [0.2, 0.25) is 5.16 Å². The Morgan fingerprint density at radius 2 is 1.71 bits per heavy atom. The topological polar surface area (TPSA) is 81.0 Å². The van der Waals surface area contributed by atoms with Crippen LogP contribution >= 0.6 is 11.8 Å². The predicted molar refractivity (Wildman–Crippen MR) is 88.1 cm³/mol. The highest BCUT2D eigenvalue weighted by Gasteiger charge is 2.35. The van der Waals surface area contributed by atoms with Crippen LogP contribution in [0, 0.1) is 0 Å². The lowest BCUT2D eigenvalue weighted by Crippen LogP contribution is -2.29. The van der Waals surface area contributed by atoms with Crippen molar-refractivity contribution in [2.75, 3.05) is 10.8 Å². The standard InChI is InChI=1S/C16H11N5O2S/c22-14-12-8-4-5-9-13(12)20(15(14)23)10-24-16-17-18-19-21(16)11-6-2-1-3-7-11/h1-9H,10H2. The first-order valence-corrected chi connectivity index (χ1v) is 8.16. The van der Waals surface area contributed by atoms with Gasteiger partial charge in [-0.15, -0.1) is 5.10 Å². The summed E-state index contributed by atoms with van der Waals surface area (Å²) < 4.78 is 1.60. The van der Waals surface area contributed by atoms with Crippen molar-refractivity contribution in [3.8, 4) is 5.69 Å². The van der Waals surface area contributed by atoms with E-state index in [-0.39, 0.29) is 5.88 Å². The van der Waals surface area contributed by atoms with Gasteiger partial charge in [0.15, 0.2) is 0 Å². The molecule has 0 atom stereocenters. The molecule has 0 aliphatic carbocycles. The summed E-state index contributed by atoms with van der Waals surface area (Å²) in [5.74, 6) is -0.745. The van der Waals surface area contributed by atoms with Crippen molar-refractivity contribution in [3.63, 3.8) is 0 Å². The number of fused-ring (bicyclic) bond motifs is 1. The van der Waals surface area contributed by atoms with E-state index in [4.69, 9.17) is 0 Å². The first-order valence-electron chi connectivity index (χ1n) is 7.17. The van der Waals surface area contributed by atoms with Crippen molar-refractivity contribution in [2.45, 2.75) is 5.16 Å². The molecule has 0 saturated heterocycles. The van der Waals surface area contributed by atoms with E-state index < -0.39 is 11.7 Å². The summed E-state index contributed by atoms with van der Waals surface area (Å²) in [7, 11) is 0. The molecule has 0 N–H and O–H groups in total. The highest BCUT2D eigenvalue weighted by Crippen LogP contribution is 2.31. The first-order chi connectivity index (χ1) is 11.8. The molecule has 8 heteroatoms. The number of rotatable bonds is 4. The van der Waals surface area contributed by atoms with E-state index in [0.29, 0.717) is 16.4 Å². The van der Waals surface area contributed by atoms with Crippen LogP contribution in [0.25, 0.3) is 5.69 Å². The van der Waals surface area contributed by atoms with Gasteiger partial charge in [-0.2, -0.15) is 4.68 Å². The summed E-state index contributed by atoms with van der Waals surface area (Å²) in [6.45, 7) is 0. The summed E-state index contributed by atoms with van der Waals surface area (Å²) in [5, 5.41) is 12.2. The van der Waals surface area contributed by atoms with Gasteiger partial charge in [-0.1, -0.05) is 42.1 Å². The lowest BCUT2D eigenvalue weighted by Gasteiger charge is -2.15. The Morgan fingerprint density at radius 1 is 0.958 bits per heavy atom. The number of hydrogen-bond acceptors (Lipinski definition) is 6. The molecule has 7 nitrogen and oxygen atoms in total. The van der Waals surface area contributed by atoms with Gasteiger partial charge in [0.25, 0.3) is 11.7 Å². The van der Waals surface area contributed by atoms with Crippen molar-refractivity contribution in [1.82, 2.24) is 20.2 Å². The Morgan fingerprint density at radius 3 is 2.54 bits per heavy atom. The van der Waals surface area contributed by atoms with Crippen molar-refractivity contribution >= 4 is 29.1 Å². The van der Waals surface area contributed by atoms with Crippen LogP contribution in [-0.4, -0.2) is 37.8 Å². The Balaban J connectivity index is 1.58. The zero-order valence-corrected chi connectivity index (χ0v) is 13.2. The molecular weight excluding hydrogens is 326 g/mol. The van der Waals surface area contributed by atoms with Crippen molar-refractivity contribution in [3.05, 3.63) is 60.2 Å². The second kappa shape index (κ2) is 5.89. The van der Waals surface area contributed by atoms with Crippen molar-refractivity contribution < 1.29 is 9.59 Å². The third kappa shape index (κ3) is 2.37. The van der Waals surface area contributed by atoms with Gasteiger partial charge in [0.1, 0.15) is 0 Å². The predicted octanol–water partition coefficient (Wildman–Crippen LogP) is 1.94. The Kier molecular flexibility index (Phi) is 3.58. The van der Waals surface area contributed by atoms with Gasteiger partial charge >= 0.3 is 0 Å². The van der Waals surface area contributed by atoms with E-state index in [9.17, 15) is 9.59 Å². The normalized spacial score (nSPS) is 13.4. The summed E-state index contributed by atoms with van der Waals surface area (Å²) in [6.07, 6.45) is 0. The number of ketones is 1. The van der Waals surface area contributed by atoms with Crippen LogP contribution in [0.5, 0.6) is 0 Å². The van der Waals surface area contributed by atoms with Crippen LogP contribution in [0.1, 0.15) is 10.4 Å². The van der Waals surface area contributed by atoms with Gasteiger partial charge < -0.3 is 0 Å². The molecule has 1 aliphatic heterocycles. The molecule has 2 heterocycles. The van der Waals surface area contributed by atoms with E-state index in [1.807, 2.05) is 30.3 Å². The lowest BCUT2D eigenvalue weighted by molar-refractivity contribution is -0.114. The molecule has 0 radical (unpaired) electrons. The number of hydrogen-bond donors (Lipinski definition) is 0. The summed E-state index contributed by atoms with van der Waals surface area (Å²) in [4.78, 5) is 25.6. The Bertz CT molecular complexity index is 925. The molecule has 2 aromatic carbocycles. The van der Waals surface area contributed by atoms with Gasteiger partial charge in [0.05, 0.1) is 22.8 Å². The number of amides is 1. The minimum atomic E-state index is -0.526. The van der Waals surface area contributed by atoms with Crippen LogP contribution in [0.3, 0.4) is 0 Å². The zero-order valence-electron chi connectivity index (χ0n) is 12.4. The largest absolute Gasteiger partial charge is 0.300 e. The van der Waals surface area contributed by atoms with Crippen molar-refractivity contribution in [1.29, 1.82) is 0 Å². The molecule has 1 amide bonds. The summed E-state index contributed by atoms with van der Waals surface area (Å²) in [5.41, 5.74) is 1.89. The number of aromatic nitrogens is 4. The summed E-state index contributed by atoms with van der Waals surface area (Å²) >= 11 is 1.29. The fourth-order valence-corrected chi connectivity index (χ4v) is 3.36. The smallest absolute Gasteiger partial charge is 0.295 e. The first kappa shape index (κ1) is 14.6. The van der Waals surface area contributed by atoms with E-state index in [0.717, 1.165) is 5.69 Å². The van der Waals surface area contributed by atoms with Crippen LogP contribution in [0.2, 0.25) is 0 Å². The average Bonchev–Trinajstić information content (AvgIpc) is 3.19. The van der Waals surface area contributed by atoms with Gasteiger partial charge in [-0.25, -0.2) is 0 Å². The van der Waals surface area contributed by atoms with Crippen LogP contribution in [-0.2, 0) is 4.79 Å². The number of tetrazole rings is 1.